The lowest BCUT2D eigenvalue weighted by Crippen LogP contribution is -2.23. The van der Waals surface area contributed by atoms with Crippen LogP contribution in [0, 0.1) is 0 Å². The van der Waals surface area contributed by atoms with Crippen molar-refractivity contribution >= 4 is 27.3 Å². The third-order valence-corrected chi connectivity index (χ3v) is 5.41. The summed E-state index contributed by atoms with van der Waals surface area (Å²) in [7, 11) is 0. The number of hydrogen-bond acceptors (Lipinski definition) is 3. The maximum Gasteiger partial charge on any atom is 0.115 e. The molecule has 0 amide bonds. The second-order valence-corrected chi connectivity index (χ2v) is 7.25. The molecule has 0 saturated carbocycles. The first-order valence-electron chi connectivity index (χ1n) is 7.25. The lowest BCUT2D eigenvalue weighted by Gasteiger charge is -2.17. The molecule has 1 aliphatic rings. The number of benzene rings is 1. The van der Waals surface area contributed by atoms with E-state index < -0.39 is 0 Å². The number of hydrogen-bond donors (Lipinski definition) is 1. The zero-order chi connectivity index (χ0) is 13.9. The summed E-state index contributed by atoms with van der Waals surface area (Å²) < 4.78 is 1.12. The molecule has 106 valence electrons. The third kappa shape index (κ3) is 2.97. The summed E-state index contributed by atoms with van der Waals surface area (Å²) >= 11 is 5.40. The number of aryl methyl sites for hydroxylation is 2. The van der Waals surface area contributed by atoms with E-state index in [4.69, 9.17) is 4.98 Å². The Hall–Kier alpha value is -0.710. The van der Waals surface area contributed by atoms with E-state index in [1.807, 2.05) is 11.3 Å². The Morgan fingerprint density at radius 3 is 2.80 bits per heavy atom. The second kappa shape index (κ2) is 6.37. The van der Waals surface area contributed by atoms with Crippen LogP contribution in [0.3, 0.4) is 0 Å². The van der Waals surface area contributed by atoms with Gasteiger partial charge in [-0.25, -0.2) is 4.98 Å². The van der Waals surface area contributed by atoms with Gasteiger partial charge in [-0.2, -0.15) is 0 Å². The molecule has 1 unspecified atom stereocenters. The van der Waals surface area contributed by atoms with Gasteiger partial charge in [0.05, 0.1) is 11.7 Å². The average molecular weight is 351 g/mol. The van der Waals surface area contributed by atoms with Gasteiger partial charge in [-0.05, 0) is 49.9 Å². The van der Waals surface area contributed by atoms with Gasteiger partial charge in [0.25, 0.3) is 0 Å². The predicted octanol–water partition coefficient (Wildman–Crippen LogP) is 4.48. The van der Waals surface area contributed by atoms with E-state index in [1.165, 1.54) is 34.0 Å². The molecule has 1 aromatic heterocycles. The number of halogens is 1. The topological polar surface area (TPSA) is 24.9 Å². The lowest BCUT2D eigenvalue weighted by molar-refractivity contribution is 0.594. The Balaban J connectivity index is 1.90. The van der Waals surface area contributed by atoms with E-state index in [2.05, 4.69) is 52.4 Å². The van der Waals surface area contributed by atoms with Crippen molar-refractivity contribution in [2.24, 2.45) is 0 Å². The summed E-state index contributed by atoms with van der Waals surface area (Å²) in [6, 6.07) is 8.82. The Labute approximate surface area is 132 Å². The number of nitrogens with one attached hydrogen (secondary N) is 1. The molecule has 0 aliphatic heterocycles. The van der Waals surface area contributed by atoms with E-state index in [-0.39, 0.29) is 6.04 Å². The van der Waals surface area contributed by atoms with Crippen LogP contribution in [0.1, 0.15) is 46.9 Å². The summed E-state index contributed by atoms with van der Waals surface area (Å²) in [5.41, 5.74) is 2.64. The van der Waals surface area contributed by atoms with Gasteiger partial charge >= 0.3 is 0 Å². The largest absolute Gasteiger partial charge is 0.304 e. The number of aromatic nitrogens is 1. The molecule has 2 nitrogen and oxygen atoms in total. The highest BCUT2D eigenvalue weighted by Gasteiger charge is 2.22. The van der Waals surface area contributed by atoms with Crippen LogP contribution >= 0.6 is 27.3 Å². The summed E-state index contributed by atoms with van der Waals surface area (Å²) in [5.74, 6) is 0. The predicted molar refractivity (Wildman–Crippen MR) is 88.4 cm³/mol. The van der Waals surface area contributed by atoms with Gasteiger partial charge in [0.15, 0.2) is 0 Å². The normalized spacial score (nSPS) is 15.3. The van der Waals surface area contributed by atoms with Crippen molar-refractivity contribution in [3.05, 3.63) is 49.9 Å². The van der Waals surface area contributed by atoms with E-state index in [9.17, 15) is 0 Å². The van der Waals surface area contributed by atoms with Gasteiger partial charge in [-0.15, -0.1) is 11.3 Å². The van der Waals surface area contributed by atoms with Gasteiger partial charge in [0.1, 0.15) is 5.01 Å². The number of rotatable bonds is 5. The zero-order valence-corrected chi connectivity index (χ0v) is 14.1. The van der Waals surface area contributed by atoms with E-state index in [0.717, 1.165) is 23.9 Å². The Kier molecular flexibility index (Phi) is 4.54. The van der Waals surface area contributed by atoms with Crippen molar-refractivity contribution in [3.63, 3.8) is 0 Å². The summed E-state index contributed by atoms with van der Waals surface area (Å²) in [6.07, 6.45) is 4.79. The maximum absolute atomic E-state index is 4.89. The quantitative estimate of drug-likeness (QED) is 0.859. The molecule has 1 aromatic carbocycles. The fraction of sp³-hybridized carbons (Fsp3) is 0.438. The van der Waals surface area contributed by atoms with Crippen LogP contribution in [0.25, 0.3) is 0 Å². The first-order valence-corrected chi connectivity index (χ1v) is 8.86. The maximum atomic E-state index is 4.89. The molecule has 3 rings (SSSR count). The van der Waals surface area contributed by atoms with Crippen molar-refractivity contribution in [2.75, 3.05) is 6.54 Å². The summed E-state index contributed by atoms with van der Waals surface area (Å²) in [4.78, 5) is 6.39. The van der Waals surface area contributed by atoms with Crippen LogP contribution in [0.4, 0.5) is 0 Å². The van der Waals surface area contributed by atoms with Gasteiger partial charge in [0, 0.05) is 9.35 Å². The van der Waals surface area contributed by atoms with Crippen molar-refractivity contribution in [2.45, 2.75) is 38.6 Å². The van der Waals surface area contributed by atoms with Crippen molar-refractivity contribution < 1.29 is 0 Å². The monoisotopic (exact) mass is 350 g/mol. The van der Waals surface area contributed by atoms with Crippen LogP contribution in [0.2, 0.25) is 0 Å². The zero-order valence-electron chi connectivity index (χ0n) is 11.7. The van der Waals surface area contributed by atoms with Crippen molar-refractivity contribution in [1.29, 1.82) is 0 Å². The van der Waals surface area contributed by atoms with Gasteiger partial charge in [-0.1, -0.05) is 35.0 Å². The molecule has 0 radical (unpaired) electrons. The SMILES string of the molecule is CCCNC(c1ccc(Br)cc1)c1nc2c(s1)CCC2. The molecule has 1 heterocycles. The highest BCUT2D eigenvalue weighted by Crippen LogP contribution is 2.33. The van der Waals surface area contributed by atoms with Crippen LogP contribution in [-0.4, -0.2) is 11.5 Å². The van der Waals surface area contributed by atoms with E-state index in [0.29, 0.717) is 0 Å². The van der Waals surface area contributed by atoms with Gasteiger partial charge in [-0.3, -0.25) is 0 Å². The molecule has 0 bridgehead atoms. The fourth-order valence-electron chi connectivity index (χ4n) is 2.63. The van der Waals surface area contributed by atoms with Crippen LogP contribution in [0.15, 0.2) is 28.7 Å². The highest BCUT2D eigenvalue weighted by atomic mass is 79.9. The molecular weight excluding hydrogens is 332 g/mol. The molecule has 4 heteroatoms. The van der Waals surface area contributed by atoms with Crippen LogP contribution < -0.4 is 5.32 Å². The van der Waals surface area contributed by atoms with Crippen molar-refractivity contribution in [3.8, 4) is 0 Å². The number of thiazole rings is 1. The molecule has 0 spiro atoms. The molecule has 2 aromatic rings. The first kappa shape index (κ1) is 14.2. The molecular formula is C16H19BrN2S. The lowest BCUT2D eigenvalue weighted by atomic mass is 10.1. The Morgan fingerprint density at radius 1 is 1.30 bits per heavy atom. The van der Waals surface area contributed by atoms with Crippen LogP contribution in [-0.2, 0) is 12.8 Å². The number of fused-ring (bicyclic) bond motifs is 1. The van der Waals surface area contributed by atoms with Gasteiger partial charge in [0.2, 0.25) is 0 Å². The summed E-state index contributed by atoms with van der Waals surface area (Å²) in [6.45, 7) is 3.22. The first-order chi connectivity index (χ1) is 9.78. The molecule has 1 aliphatic carbocycles. The molecule has 1 N–H and O–H groups in total. The Morgan fingerprint density at radius 2 is 2.10 bits per heavy atom. The second-order valence-electron chi connectivity index (χ2n) is 5.21. The molecule has 1 atom stereocenters. The van der Waals surface area contributed by atoms with E-state index >= 15 is 0 Å². The standard InChI is InChI=1S/C16H19BrN2S/c1-2-10-18-15(11-6-8-12(17)9-7-11)16-19-13-4-3-5-14(13)20-16/h6-9,15,18H,2-5,10H2,1H3. The minimum Gasteiger partial charge on any atom is -0.304 e. The third-order valence-electron chi connectivity index (χ3n) is 3.66. The van der Waals surface area contributed by atoms with E-state index in [1.54, 1.807) is 0 Å². The highest BCUT2D eigenvalue weighted by molar-refractivity contribution is 9.10. The summed E-state index contributed by atoms with van der Waals surface area (Å²) in [5, 5.41) is 4.87. The van der Waals surface area contributed by atoms with Gasteiger partial charge < -0.3 is 5.32 Å². The number of nitrogens with zero attached hydrogens (tertiary/aromatic N) is 1. The molecule has 0 saturated heterocycles. The smallest absolute Gasteiger partial charge is 0.115 e. The van der Waals surface area contributed by atoms with Crippen molar-refractivity contribution in [1.82, 2.24) is 10.3 Å². The fourth-order valence-corrected chi connectivity index (χ4v) is 4.15. The Bertz CT molecular complexity index is 555. The average Bonchev–Trinajstić information content (AvgIpc) is 3.02. The minimum absolute atomic E-state index is 0.235. The van der Waals surface area contributed by atoms with Crippen LogP contribution in [0.5, 0.6) is 0 Å². The molecule has 0 fully saturated rings. The minimum atomic E-state index is 0.235. The molecule has 20 heavy (non-hydrogen) atoms.